The lowest BCUT2D eigenvalue weighted by Gasteiger charge is -2.27. The SMILES string of the molecule is CCC(C)C(O)c1cc(C(c2ccc(N)cc2)C(C)CC)ccc1C. The molecule has 0 radical (unpaired) electrons. The maximum atomic E-state index is 10.8. The molecule has 4 unspecified atom stereocenters. The molecule has 2 nitrogen and oxygen atoms in total. The van der Waals surface area contributed by atoms with Crippen LogP contribution in [0.3, 0.4) is 0 Å². The molecular weight excluding hydrogens is 306 g/mol. The second-order valence-corrected chi connectivity index (χ2v) is 7.48. The van der Waals surface area contributed by atoms with Crippen LogP contribution in [0.5, 0.6) is 0 Å². The van der Waals surface area contributed by atoms with Crippen LogP contribution >= 0.6 is 0 Å². The Morgan fingerprint density at radius 2 is 1.44 bits per heavy atom. The molecule has 0 aliphatic carbocycles. The minimum atomic E-state index is -0.408. The van der Waals surface area contributed by atoms with E-state index in [1.54, 1.807) is 0 Å². The normalized spacial score (nSPS) is 16.2. The maximum Gasteiger partial charge on any atom is 0.0818 e. The molecule has 2 rings (SSSR count). The van der Waals surface area contributed by atoms with Crippen LogP contribution in [0.1, 0.15) is 74.8 Å². The van der Waals surface area contributed by atoms with Gasteiger partial charge in [0.15, 0.2) is 0 Å². The van der Waals surface area contributed by atoms with Crippen LogP contribution < -0.4 is 5.73 Å². The van der Waals surface area contributed by atoms with Gasteiger partial charge in [-0.1, -0.05) is 70.9 Å². The van der Waals surface area contributed by atoms with Gasteiger partial charge in [-0.2, -0.15) is 0 Å². The van der Waals surface area contributed by atoms with E-state index in [0.29, 0.717) is 11.8 Å². The number of hydrogen-bond donors (Lipinski definition) is 2. The highest BCUT2D eigenvalue weighted by atomic mass is 16.3. The Labute approximate surface area is 153 Å². The molecule has 2 heteroatoms. The third kappa shape index (κ3) is 4.43. The van der Waals surface area contributed by atoms with Crippen LogP contribution in [0.25, 0.3) is 0 Å². The number of hydrogen-bond acceptors (Lipinski definition) is 2. The Morgan fingerprint density at radius 3 is 2.00 bits per heavy atom. The van der Waals surface area contributed by atoms with Crippen molar-refractivity contribution >= 4 is 5.69 Å². The van der Waals surface area contributed by atoms with Crippen molar-refractivity contribution in [2.45, 2.75) is 59.5 Å². The van der Waals surface area contributed by atoms with E-state index in [9.17, 15) is 5.11 Å². The maximum absolute atomic E-state index is 10.8. The van der Waals surface area contributed by atoms with E-state index < -0.39 is 6.10 Å². The van der Waals surface area contributed by atoms with E-state index in [4.69, 9.17) is 5.73 Å². The second-order valence-electron chi connectivity index (χ2n) is 7.48. The van der Waals surface area contributed by atoms with Crippen LogP contribution in [-0.2, 0) is 0 Å². The Morgan fingerprint density at radius 1 is 0.880 bits per heavy atom. The monoisotopic (exact) mass is 339 g/mol. The zero-order valence-electron chi connectivity index (χ0n) is 16.3. The predicted octanol–water partition coefficient (Wildman–Crippen LogP) is 5.83. The first-order valence-electron chi connectivity index (χ1n) is 9.52. The molecule has 0 spiro atoms. The number of aliphatic hydroxyl groups is 1. The minimum absolute atomic E-state index is 0.257. The van der Waals surface area contributed by atoms with Crippen molar-refractivity contribution in [2.75, 3.05) is 5.73 Å². The van der Waals surface area contributed by atoms with Gasteiger partial charge in [-0.3, -0.25) is 0 Å². The molecule has 0 fully saturated rings. The molecule has 2 aromatic rings. The number of anilines is 1. The number of rotatable bonds is 7. The number of benzene rings is 2. The lowest BCUT2D eigenvalue weighted by atomic mass is 9.78. The fourth-order valence-corrected chi connectivity index (χ4v) is 3.49. The molecule has 0 aliphatic rings. The molecule has 0 aromatic heterocycles. The van der Waals surface area contributed by atoms with Crippen molar-refractivity contribution in [3.05, 3.63) is 64.7 Å². The van der Waals surface area contributed by atoms with Gasteiger partial charge in [0, 0.05) is 11.6 Å². The summed E-state index contributed by atoms with van der Waals surface area (Å²) >= 11 is 0. The van der Waals surface area contributed by atoms with Crippen LogP contribution in [0.4, 0.5) is 5.69 Å². The molecule has 3 N–H and O–H groups in total. The van der Waals surface area contributed by atoms with E-state index in [-0.39, 0.29) is 5.92 Å². The summed E-state index contributed by atoms with van der Waals surface area (Å²) in [5, 5.41) is 10.8. The average Bonchev–Trinajstić information content (AvgIpc) is 2.63. The molecule has 0 saturated carbocycles. The molecule has 0 heterocycles. The fraction of sp³-hybridized carbons (Fsp3) is 0.478. The van der Waals surface area contributed by atoms with Crippen LogP contribution in [-0.4, -0.2) is 5.11 Å². The summed E-state index contributed by atoms with van der Waals surface area (Å²) in [6.45, 7) is 10.9. The Hall–Kier alpha value is -1.80. The topological polar surface area (TPSA) is 46.2 Å². The van der Waals surface area contributed by atoms with Gasteiger partial charge in [-0.25, -0.2) is 0 Å². The largest absolute Gasteiger partial charge is 0.399 e. The van der Waals surface area contributed by atoms with Gasteiger partial charge in [0.2, 0.25) is 0 Å². The quantitative estimate of drug-likeness (QED) is 0.623. The number of aliphatic hydroxyl groups excluding tert-OH is 1. The lowest BCUT2D eigenvalue weighted by Crippen LogP contribution is -2.14. The molecule has 0 amide bonds. The highest BCUT2D eigenvalue weighted by Crippen LogP contribution is 2.37. The molecule has 136 valence electrons. The summed E-state index contributed by atoms with van der Waals surface area (Å²) in [7, 11) is 0. The van der Waals surface area contributed by atoms with E-state index in [2.05, 4.69) is 65.0 Å². The Balaban J connectivity index is 2.49. The van der Waals surface area contributed by atoms with Crippen molar-refractivity contribution < 1.29 is 5.11 Å². The minimum Gasteiger partial charge on any atom is -0.399 e. The smallest absolute Gasteiger partial charge is 0.0818 e. The number of aryl methyl sites for hydroxylation is 1. The predicted molar refractivity (Wildman–Crippen MR) is 108 cm³/mol. The van der Waals surface area contributed by atoms with E-state index in [0.717, 1.165) is 29.7 Å². The van der Waals surface area contributed by atoms with E-state index in [1.807, 2.05) is 12.1 Å². The zero-order chi connectivity index (χ0) is 18.6. The Bertz CT molecular complexity index is 677. The van der Waals surface area contributed by atoms with Gasteiger partial charge < -0.3 is 10.8 Å². The van der Waals surface area contributed by atoms with Gasteiger partial charge in [0.05, 0.1) is 6.10 Å². The van der Waals surface area contributed by atoms with Gasteiger partial charge in [-0.05, 0) is 53.1 Å². The zero-order valence-corrected chi connectivity index (χ0v) is 16.3. The third-order valence-electron chi connectivity index (χ3n) is 5.67. The molecule has 4 atom stereocenters. The van der Waals surface area contributed by atoms with Gasteiger partial charge in [0.1, 0.15) is 0 Å². The first kappa shape index (κ1) is 19.5. The van der Waals surface area contributed by atoms with Crippen molar-refractivity contribution in [1.82, 2.24) is 0 Å². The molecule has 0 bridgehead atoms. The van der Waals surface area contributed by atoms with Gasteiger partial charge in [0.25, 0.3) is 0 Å². The van der Waals surface area contributed by atoms with Crippen molar-refractivity contribution in [3.8, 4) is 0 Å². The Kier molecular flexibility index (Phi) is 6.66. The summed E-state index contributed by atoms with van der Waals surface area (Å²) in [5.74, 6) is 1.08. The van der Waals surface area contributed by atoms with Gasteiger partial charge >= 0.3 is 0 Å². The standard InChI is InChI=1S/C23H33NO/c1-6-15(3)22(18-10-12-20(24)13-11-18)19-9-8-17(5)21(14-19)23(25)16(4)7-2/h8-16,22-23,25H,6-7,24H2,1-5H3. The van der Waals surface area contributed by atoms with Crippen LogP contribution in [0, 0.1) is 18.8 Å². The molecule has 25 heavy (non-hydrogen) atoms. The first-order chi connectivity index (χ1) is 11.9. The van der Waals surface area contributed by atoms with Crippen molar-refractivity contribution in [1.29, 1.82) is 0 Å². The fourth-order valence-electron chi connectivity index (χ4n) is 3.49. The van der Waals surface area contributed by atoms with Crippen LogP contribution in [0.15, 0.2) is 42.5 Å². The summed E-state index contributed by atoms with van der Waals surface area (Å²) in [5.41, 5.74) is 11.5. The third-order valence-corrected chi connectivity index (χ3v) is 5.67. The molecule has 0 saturated heterocycles. The average molecular weight is 340 g/mol. The van der Waals surface area contributed by atoms with E-state index >= 15 is 0 Å². The highest BCUT2D eigenvalue weighted by Gasteiger charge is 2.23. The summed E-state index contributed by atoms with van der Waals surface area (Å²) < 4.78 is 0. The lowest BCUT2D eigenvalue weighted by molar-refractivity contribution is 0.115. The highest BCUT2D eigenvalue weighted by molar-refractivity contribution is 5.44. The van der Waals surface area contributed by atoms with Crippen LogP contribution in [0.2, 0.25) is 0 Å². The van der Waals surface area contributed by atoms with Crippen molar-refractivity contribution in [3.63, 3.8) is 0 Å². The molecule has 0 aliphatic heterocycles. The van der Waals surface area contributed by atoms with E-state index in [1.165, 1.54) is 11.1 Å². The first-order valence-corrected chi connectivity index (χ1v) is 9.52. The second kappa shape index (κ2) is 8.53. The number of nitrogens with two attached hydrogens (primary N) is 1. The summed E-state index contributed by atoms with van der Waals surface area (Å²) in [6, 6.07) is 14.8. The molecule has 2 aromatic carbocycles. The summed E-state index contributed by atoms with van der Waals surface area (Å²) in [6.07, 6.45) is 1.66. The van der Waals surface area contributed by atoms with Crippen molar-refractivity contribution in [2.24, 2.45) is 11.8 Å². The summed E-state index contributed by atoms with van der Waals surface area (Å²) in [4.78, 5) is 0. The van der Waals surface area contributed by atoms with Gasteiger partial charge in [-0.15, -0.1) is 0 Å². The number of nitrogen functional groups attached to an aromatic ring is 1. The molecular formula is C23H33NO.